The molecule has 1 unspecified atom stereocenters. The summed E-state index contributed by atoms with van der Waals surface area (Å²) in [5.41, 5.74) is 6.24. The molecule has 0 saturated carbocycles. The molecule has 1 aromatic carbocycles. The molecule has 1 aliphatic rings. The van der Waals surface area contributed by atoms with Crippen molar-refractivity contribution in [3.8, 4) is 18.2 Å². The van der Waals surface area contributed by atoms with Crippen molar-refractivity contribution in [1.29, 1.82) is 15.8 Å². The predicted octanol–water partition coefficient (Wildman–Crippen LogP) is 2.45. The van der Waals surface area contributed by atoms with Crippen LogP contribution in [0.25, 0.3) is 0 Å². The fourth-order valence-corrected chi connectivity index (χ4v) is 2.13. The van der Waals surface area contributed by atoms with Crippen molar-refractivity contribution in [2.24, 2.45) is 5.73 Å². The average Bonchev–Trinajstić information content (AvgIpc) is 2.77. The lowest BCUT2D eigenvalue weighted by molar-refractivity contribution is 0.166. The summed E-state index contributed by atoms with van der Waals surface area (Å²) < 4.78 is 5.42. The first kappa shape index (κ1) is 13.5. The summed E-state index contributed by atoms with van der Waals surface area (Å²) in [4.78, 5) is 0. The van der Waals surface area contributed by atoms with Crippen molar-refractivity contribution in [1.82, 2.24) is 0 Å². The van der Waals surface area contributed by atoms with Crippen LogP contribution >= 0.6 is 11.6 Å². The largest absolute Gasteiger partial charge is 0.465 e. The molecule has 0 saturated heterocycles. The molecule has 2 N–H and O–H groups in total. The lowest BCUT2D eigenvalue weighted by atomic mass is 9.94. The Morgan fingerprint density at radius 2 is 1.95 bits per heavy atom. The van der Waals surface area contributed by atoms with Crippen LogP contribution in [0, 0.1) is 34.0 Å². The van der Waals surface area contributed by atoms with E-state index in [1.54, 1.807) is 36.4 Å². The summed E-state index contributed by atoms with van der Waals surface area (Å²) >= 11 is 5.91. The Hall–Kier alpha value is -2.94. The minimum atomic E-state index is -0.780. The molecule has 1 aliphatic heterocycles. The molecule has 0 spiro atoms. The number of rotatable bonds is 1. The number of benzene rings is 1. The van der Waals surface area contributed by atoms with Crippen molar-refractivity contribution >= 4 is 11.6 Å². The van der Waals surface area contributed by atoms with Gasteiger partial charge in [-0.25, -0.2) is 0 Å². The molecule has 0 aliphatic carbocycles. The fourth-order valence-electron chi connectivity index (χ4n) is 1.93. The van der Waals surface area contributed by atoms with Gasteiger partial charge in [0.05, 0.1) is 0 Å². The Morgan fingerprint density at radius 3 is 2.50 bits per heavy atom. The first-order chi connectivity index (χ1) is 9.62. The molecule has 1 aromatic rings. The topological polar surface area (TPSA) is 107 Å². The Kier molecular flexibility index (Phi) is 3.62. The maximum Gasteiger partial charge on any atom is 0.203 e. The number of ether oxygens (including phenoxy) is 1. The van der Waals surface area contributed by atoms with Crippen molar-refractivity contribution in [2.75, 3.05) is 0 Å². The van der Waals surface area contributed by atoms with Gasteiger partial charge in [-0.1, -0.05) is 23.7 Å². The van der Waals surface area contributed by atoms with Crippen LogP contribution < -0.4 is 5.73 Å². The number of hydrogen-bond acceptors (Lipinski definition) is 5. The van der Waals surface area contributed by atoms with Gasteiger partial charge >= 0.3 is 0 Å². The highest BCUT2D eigenvalue weighted by Crippen LogP contribution is 2.41. The predicted molar refractivity (Wildman–Crippen MR) is 70.4 cm³/mol. The van der Waals surface area contributed by atoms with E-state index in [1.165, 1.54) is 0 Å². The van der Waals surface area contributed by atoms with Gasteiger partial charge in [-0.05, 0) is 17.7 Å². The SMILES string of the molecule is N#CC(C#N)=C1C(C#N)=C(N)OC1c1cccc(Cl)c1. The minimum absolute atomic E-state index is 0.00748. The quantitative estimate of drug-likeness (QED) is 0.796. The van der Waals surface area contributed by atoms with E-state index in [0.29, 0.717) is 10.6 Å². The zero-order valence-corrected chi connectivity index (χ0v) is 10.8. The molecule has 96 valence electrons. The average molecular weight is 283 g/mol. The molecule has 0 fully saturated rings. The van der Waals surface area contributed by atoms with Crippen LogP contribution in [0.2, 0.25) is 5.02 Å². The Bertz CT molecular complexity index is 743. The number of allylic oxidation sites excluding steroid dienone is 1. The second-order valence-electron chi connectivity index (χ2n) is 3.92. The summed E-state index contributed by atoms with van der Waals surface area (Å²) in [5.74, 6) is -0.101. The van der Waals surface area contributed by atoms with E-state index in [9.17, 15) is 0 Å². The van der Waals surface area contributed by atoms with Gasteiger partial charge in [0.25, 0.3) is 0 Å². The van der Waals surface area contributed by atoms with Crippen molar-refractivity contribution < 1.29 is 4.74 Å². The van der Waals surface area contributed by atoms with Crippen LogP contribution in [-0.4, -0.2) is 0 Å². The number of nitriles is 3. The first-order valence-corrected chi connectivity index (χ1v) is 5.86. The Balaban J connectivity index is 2.64. The van der Waals surface area contributed by atoms with Crippen molar-refractivity contribution in [2.45, 2.75) is 6.10 Å². The summed E-state index contributed by atoms with van der Waals surface area (Å²) in [6.45, 7) is 0. The number of hydrogen-bond donors (Lipinski definition) is 1. The lowest BCUT2D eigenvalue weighted by Crippen LogP contribution is -2.04. The minimum Gasteiger partial charge on any atom is -0.465 e. The number of halogens is 1. The highest BCUT2D eigenvalue weighted by atomic mass is 35.5. The number of nitrogens with zero attached hydrogens (tertiary/aromatic N) is 3. The molecule has 5 nitrogen and oxygen atoms in total. The molecule has 0 bridgehead atoms. The maximum absolute atomic E-state index is 9.12. The van der Waals surface area contributed by atoms with Gasteiger partial charge in [0.2, 0.25) is 5.88 Å². The van der Waals surface area contributed by atoms with Crippen LogP contribution in [0.4, 0.5) is 0 Å². The van der Waals surface area contributed by atoms with E-state index in [2.05, 4.69) is 0 Å². The molecule has 0 aromatic heterocycles. The van der Waals surface area contributed by atoms with E-state index in [-0.39, 0.29) is 22.6 Å². The smallest absolute Gasteiger partial charge is 0.203 e. The van der Waals surface area contributed by atoms with Crippen LogP contribution in [-0.2, 0) is 4.74 Å². The molecule has 1 atom stereocenters. The zero-order chi connectivity index (χ0) is 14.7. The second kappa shape index (κ2) is 5.36. The highest BCUT2D eigenvalue weighted by Gasteiger charge is 2.34. The van der Waals surface area contributed by atoms with Crippen LogP contribution in [0.3, 0.4) is 0 Å². The molecule has 20 heavy (non-hydrogen) atoms. The second-order valence-corrected chi connectivity index (χ2v) is 4.35. The van der Waals surface area contributed by atoms with Gasteiger partial charge in [0.1, 0.15) is 29.4 Å². The van der Waals surface area contributed by atoms with Gasteiger partial charge in [-0.15, -0.1) is 0 Å². The summed E-state index contributed by atoms with van der Waals surface area (Å²) in [7, 11) is 0. The van der Waals surface area contributed by atoms with Crippen molar-refractivity contribution in [3.05, 3.63) is 57.5 Å². The third-order valence-corrected chi connectivity index (χ3v) is 3.01. The Labute approximate surface area is 120 Å². The fraction of sp³-hybridized carbons (Fsp3) is 0.0714. The van der Waals surface area contributed by atoms with E-state index in [4.69, 9.17) is 37.9 Å². The monoisotopic (exact) mass is 282 g/mol. The van der Waals surface area contributed by atoms with E-state index in [0.717, 1.165) is 0 Å². The van der Waals surface area contributed by atoms with E-state index < -0.39 is 6.10 Å². The highest BCUT2D eigenvalue weighted by molar-refractivity contribution is 6.30. The molecule has 2 rings (SSSR count). The normalized spacial score (nSPS) is 16.9. The molecule has 1 heterocycles. The molecular weight excluding hydrogens is 276 g/mol. The van der Waals surface area contributed by atoms with Crippen LogP contribution in [0.1, 0.15) is 11.7 Å². The van der Waals surface area contributed by atoms with Crippen LogP contribution in [0.5, 0.6) is 0 Å². The van der Waals surface area contributed by atoms with E-state index in [1.807, 2.05) is 6.07 Å². The standard InChI is InChI=1S/C14H7ClN4O/c15-10-3-1-2-8(4-10)13-12(9(5-16)6-17)11(7-18)14(19)20-13/h1-4,13H,19H2. The zero-order valence-electron chi connectivity index (χ0n) is 10.1. The molecule has 0 amide bonds. The van der Waals surface area contributed by atoms with Crippen molar-refractivity contribution in [3.63, 3.8) is 0 Å². The maximum atomic E-state index is 9.12. The Morgan fingerprint density at radius 1 is 1.25 bits per heavy atom. The molecule has 0 radical (unpaired) electrons. The number of nitrogens with two attached hydrogens (primary N) is 1. The first-order valence-electron chi connectivity index (χ1n) is 5.49. The summed E-state index contributed by atoms with van der Waals surface area (Å²) in [6, 6.07) is 12.1. The van der Waals surface area contributed by atoms with Gasteiger partial charge in [-0.2, -0.15) is 15.8 Å². The third kappa shape index (κ3) is 2.17. The summed E-state index contributed by atoms with van der Waals surface area (Å²) in [6.07, 6.45) is -0.780. The van der Waals surface area contributed by atoms with Gasteiger partial charge < -0.3 is 10.5 Å². The van der Waals surface area contributed by atoms with Gasteiger partial charge in [-0.3, -0.25) is 0 Å². The summed E-state index contributed by atoms with van der Waals surface area (Å²) in [5, 5.41) is 27.6. The third-order valence-electron chi connectivity index (χ3n) is 2.78. The van der Waals surface area contributed by atoms with Gasteiger partial charge in [0, 0.05) is 10.6 Å². The molecule has 6 heteroatoms. The van der Waals surface area contributed by atoms with E-state index >= 15 is 0 Å². The van der Waals surface area contributed by atoms with Gasteiger partial charge in [0.15, 0.2) is 6.10 Å². The lowest BCUT2D eigenvalue weighted by Gasteiger charge is -2.14. The molecular formula is C14H7ClN4O. The van der Waals surface area contributed by atoms with Crippen LogP contribution in [0.15, 0.2) is 46.9 Å².